The van der Waals surface area contributed by atoms with Crippen LogP contribution >= 0.6 is 15.9 Å². The summed E-state index contributed by atoms with van der Waals surface area (Å²) in [4.78, 5) is 24.2. The third-order valence-corrected chi connectivity index (χ3v) is 4.04. The number of halogens is 1. The van der Waals surface area contributed by atoms with E-state index in [2.05, 4.69) is 31.4 Å². The zero-order valence-electron chi connectivity index (χ0n) is 13.4. The molecule has 0 atom stereocenters. The fourth-order valence-electron chi connectivity index (χ4n) is 2.11. The monoisotopic (exact) mass is 431 g/mol. The summed E-state index contributed by atoms with van der Waals surface area (Å²) in [6, 6.07) is 10.5. The molecule has 3 rings (SSSR count). The minimum Gasteiger partial charge on any atom is -0.455 e. The van der Waals surface area contributed by atoms with E-state index in [1.807, 2.05) is 0 Å². The summed E-state index contributed by atoms with van der Waals surface area (Å²) < 4.78 is 6.17. The van der Waals surface area contributed by atoms with Crippen molar-refractivity contribution < 1.29 is 14.3 Å². The second-order valence-electron chi connectivity index (χ2n) is 5.15. The van der Waals surface area contributed by atoms with Gasteiger partial charge in [0.25, 0.3) is 11.4 Å². The fourth-order valence-corrected chi connectivity index (χ4v) is 2.67. The summed E-state index contributed by atoms with van der Waals surface area (Å²) in [5.41, 5.74) is 3.14. The van der Waals surface area contributed by atoms with E-state index in [0.29, 0.717) is 27.4 Å². The molecule has 3 aromatic rings. The maximum Gasteiger partial charge on any atom is 0.287 e. The van der Waals surface area contributed by atoms with Crippen LogP contribution in [0.2, 0.25) is 0 Å². The Kier molecular flexibility index (Phi) is 5.22. The molecule has 0 aliphatic heterocycles. The van der Waals surface area contributed by atoms with E-state index in [0.717, 1.165) is 6.20 Å². The first-order valence-corrected chi connectivity index (χ1v) is 8.17. The van der Waals surface area contributed by atoms with E-state index in [4.69, 9.17) is 4.42 Å². The van der Waals surface area contributed by atoms with E-state index in [9.17, 15) is 20.2 Å². The van der Waals surface area contributed by atoms with Crippen molar-refractivity contribution >= 4 is 39.3 Å². The SMILES string of the molecule is O=[N+]([O-])c1ccc(N/N=C\c2ccc(-c3ccc([N+](=O)[O-])cc3Br)o2)nc1. The number of benzene rings is 1. The van der Waals surface area contributed by atoms with Crippen LogP contribution in [0.5, 0.6) is 0 Å². The second-order valence-corrected chi connectivity index (χ2v) is 6.01. The first-order chi connectivity index (χ1) is 12.9. The Hall–Kier alpha value is -3.60. The fraction of sp³-hybridized carbons (Fsp3) is 0. The van der Waals surface area contributed by atoms with Gasteiger partial charge in [0.15, 0.2) is 0 Å². The third-order valence-electron chi connectivity index (χ3n) is 3.39. The van der Waals surface area contributed by atoms with Crippen molar-refractivity contribution in [2.24, 2.45) is 5.10 Å². The number of hydrazone groups is 1. The zero-order valence-corrected chi connectivity index (χ0v) is 15.0. The highest BCUT2D eigenvalue weighted by atomic mass is 79.9. The second kappa shape index (κ2) is 7.74. The molecule has 0 saturated carbocycles. The van der Waals surface area contributed by atoms with Gasteiger partial charge in [-0.2, -0.15) is 5.10 Å². The number of rotatable bonds is 6. The van der Waals surface area contributed by atoms with Crippen LogP contribution in [-0.2, 0) is 0 Å². The average Bonchev–Trinajstić information content (AvgIpc) is 3.10. The number of hydrogen-bond donors (Lipinski definition) is 1. The average molecular weight is 432 g/mol. The molecular weight excluding hydrogens is 422 g/mol. The Morgan fingerprint density at radius 2 is 1.81 bits per heavy atom. The third kappa shape index (κ3) is 4.33. The van der Waals surface area contributed by atoms with Gasteiger partial charge in [0.1, 0.15) is 23.5 Å². The minimum absolute atomic E-state index is 0.0289. The molecule has 0 spiro atoms. The molecule has 10 nitrogen and oxygen atoms in total. The summed E-state index contributed by atoms with van der Waals surface area (Å²) >= 11 is 3.29. The molecule has 1 aromatic carbocycles. The lowest BCUT2D eigenvalue weighted by molar-refractivity contribution is -0.385. The number of nitro groups is 2. The predicted molar refractivity (Wildman–Crippen MR) is 101 cm³/mol. The smallest absolute Gasteiger partial charge is 0.287 e. The maximum atomic E-state index is 10.8. The largest absolute Gasteiger partial charge is 0.455 e. The highest BCUT2D eigenvalue weighted by Crippen LogP contribution is 2.32. The molecular formula is C16H10BrN5O5. The number of hydrogen-bond acceptors (Lipinski definition) is 8. The van der Waals surface area contributed by atoms with Crippen molar-refractivity contribution in [3.63, 3.8) is 0 Å². The van der Waals surface area contributed by atoms with Gasteiger partial charge in [0.2, 0.25) is 0 Å². The highest BCUT2D eigenvalue weighted by Gasteiger charge is 2.13. The highest BCUT2D eigenvalue weighted by molar-refractivity contribution is 9.10. The molecule has 0 aliphatic carbocycles. The molecule has 0 aliphatic rings. The lowest BCUT2D eigenvalue weighted by atomic mass is 10.1. The number of nitrogens with zero attached hydrogens (tertiary/aromatic N) is 4. The number of aromatic nitrogens is 1. The summed E-state index contributed by atoms with van der Waals surface area (Å²) in [6.07, 6.45) is 2.53. The van der Waals surface area contributed by atoms with Crippen LogP contribution in [0.15, 0.2) is 62.7 Å². The van der Waals surface area contributed by atoms with Gasteiger partial charge in [0, 0.05) is 28.2 Å². The van der Waals surface area contributed by atoms with E-state index < -0.39 is 9.85 Å². The number of furan rings is 1. The summed E-state index contributed by atoms with van der Waals surface area (Å²) in [5.74, 6) is 1.28. The molecule has 11 heteroatoms. The first-order valence-electron chi connectivity index (χ1n) is 7.38. The lowest BCUT2D eigenvalue weighted by Crippen LogP contribution is -1.94. The van der Waals surface area contributed by atoms with Gasteiger partial charge in [-0.05, 0) is 40.2 Å². The standard InChI is InChI=1S/C16H10BrN5O5/c17-14-7-10(21(23)24)1-4-13(14)15-5-3-12(27-15)9-19-20-16-6-2-11(8-18-16)22(25)26/h1-9H,(H,18,20)/b19-9-. The molecule has 0 bridgehead atoms. The van der Waals surface area contributed by atoms with Gasteiger partial charge in [-0.25, -0.2) is 4.98 Å². The summed E-state index contributed by atoms with van der Waals surface area (Å²) in [5, 5.41) is 25.3. The molecule has 0 radical (unpaired) electrons. The van der Waals surface area contributed by atoms with Crippen LogP contribution in [-0.4, -0.2) is 21.0 Å². The van der Waals surface area contributed by atoms with Crippen molar-refractivity contribution in [1.29, 1.82) is 0 Å². The first kappa shape index (κ1) is 18.2. The molecule has 136 valence electrons. The normalized spacial score (nSPS) is 10.9. The van der Waals surface area contributed by atoms with Crippen molar-refractivity contribution in [2.45, 2.75) is 0 Å². The Balaban J connectivity index is 1.69. The molecule has 2 aromatic heterocycles. The van der Waals surface area contributed by atoms with Crippen LogP contribution in [0.25, 0.3) is 11.3 Å². The Morgan fingerprint density at radius 3 is 2.44 bits per heavy atom. The zero-order chi connectivity index (χ0) is 19.4. The van der Waals surface area contributed by atoms with Crippen LogP contribution in [0.4, 0.5) is 17.2 Å². The van der Waals surface area contributed by atoms with Crippen LogP contribution in [0.3, 0.4) is 0 Å². The number of nitrogens with one attached hydrogen (secondary N) is 1. The van der Waals surface area contributed by atoms with Crippen LogP contribution in [0.1, 0.15) is 5.76 Å². The maximum absolute atomic E-state index is 10.8. The summed E-state index contributed by atoms with van der Waals surface area (Å²) in [7, 11) is 0. The molecule has 27 heavy (non-hydrogen) atoms. The van der Waals surface area contributed by atoms with E-state index >= 15 is 0 Å². The molecule has 0 amide bonds. The number of pyridine rings is 1. The quantitative estimate of drug-likeness (QED) is 0.347. The van der Waals surface area contributed by atoms with Crippen molar-refractivity contribution in [2.75, 3.05) is 5.43 Å². The van der Waals surface area contributed by atoms with E-state index in [1.54, 1.807) is 18.2 Å². The topological polar surface area (TPSA) is 137 Å². The Bertz CT molecular complexity index is 1030. The number of non-ortho nitro benzene ring substituents is 1. The van der Waals surface area contributed by atoms with E-state index in [1.165, 1.54) is 30.5 Å². The van der Waals surface area contributed by atoms with Crippen molar-refractivity contribution in [3.8, 4) is 11.3 Å². The van der Waals surface area contributed by atoms with Crippen molar-refractivity contribution in [3.05, 3.63) is 79.1 Å². The minimum atomic E-state index is -0.541. The molecule has 1 N–H and O–H groups in total. The van der Waals surface area contributed by atoms with Gasteiger partial charge >= 0.3 is 0 Å². The molecule has 0 saturated heterocycles. The van der Waals surface area contributed by atoms with Gasteiger partial charge in [-0.15, -0.1) is 0 Å². The van der Waals surface area contributed by atoms with Crippen LogP contribution in [0, 0.1) is 20.2 Å². The van der Waals surface area contributed by atoms with Gasteiger partial charge in [-0.1, -0.05) is 0 Å². The molecule has 2 heterocycles. The predicted octanol–water partition coefficient (Wildman–Crippen LogP) is 4.37. The Labute approximate surface area is 160 Å². The molecule has 0 unspecified atom stereocenters. The van der Waals surface area contributed by atoms with Gasteiger partial charge in [-0.3, -0.25) is 25.7 Å². The van der Waals surface area contributed by atoms with Gasteiger partial charge < -0.3 is 4.42 Å². The Morgan fingerprint density at radius 1 is 1.07 bits per heavy atom. The van der Waals surface area contributed by atoms with Crippen LogP contribution < -0.4 is 5.43 Å². The lowest BCUT2D eigenvalue weighted by Gasteiger charge is -2.00. The number of nitro benzene ring substituents is 1. The molecule has 0 fully saturated rings. The van der Waals surface area contributed by atoms with E-state index in [-0.39, 0.29) is 11.4 Å². The summed E-state index contributed by atoms with van der Waals surface area (Å²) in [6.45, 7) is 0. The van der Waals surface area contributed by atoms with Crippen molar-refractivity contribution in [1.82, 2.24) is 4.98 Å². The number of anilines is 1. The van der Waals surface area contributed by atoms with Gasteiger partial charge in [0.05, 0.1) is 16.1 Å².